The van der Waals surface area contributed by atoms with E-state index < -0.39 is 10.9 Å². The quantitative estimate of drug-likeness (QED) is 0.671. The lowest BCUT2D eigenvalue weighted by molar-refractivity contribution is -0.384. The van der Waals surface area contributed by atoms with Crippen molar-refractivity contribution in [1.29, 1.82) is 0 Å². The van der Waals surface area contributed by atoms with Crippen molar-refractivity contribution in [3.05, 3.63) is 50.5 Å². The fourth-order valence-electron chi connectivity index (χ4n) is 1.77. The lowest BCUT2D eigenvalue weighted by Crippen LogP contribution is -2.18. The smallest absolute Gasteiger partial charge is 0.335 e. The highest BCUT2D eigenvalue weighted by Crippen LogP contribution is 2.29. The standard InChI is InChI=1S/C12H11N3O4S/c1-14(5-9-6-20-7-13-9)10-3-2-8(12(16)17)4-11(10)15(18)19/h2-4,6-7H,5H2,1H3,(H,16,17). The number of carboxylic acids is 1. The molecule has 1 aromatic heterocycles. The van der Waals surface area contributed by atoms with Crippen molar-refractivity contribution in [2.45, 2.75) is 6.54 Å². The van der Waals surface area contributed by atoms with Crippen LogP contribution in [0.1, 0.15) is 16.1 Å². The summed E-state index contributed by atoms with van der Waals surface area (Å²) in [5.41, 5.74) is 2.50. The molecule has 0 unspecified atom stereocenters. The summed E-state index contributed by atoms with van der Waals surface area (Å²) < 4.78 is 0. The average molecular weight is 293 g/mol. The van der Waals surface area contributed by atoms with Gasteiger partial charge in [0.2, 0.25) is 0 Å². The minimum absolute atomic E-state index is 0.109. The minimum Gasteiger partial charge on any atom is -0.478 e. The summed E-state index contributed by atoms with van der Waals surface area (Å²) in [7, 11) is 1.70. The molecule has 0 aliphatic carbocycles. The van der Waals surface area contributed by atoms with E-state index >= 15 is 0 Å². The van der Waals surface area contributed by atoms with E-state index in [0.717, 1.165) is 11.8 Å². The molecule has 0 atom stereocenters. The van der Waals surface area contributed by atoms with Crippen molar-refractivity contribution in [1.82, 2.24) is 4.98 Å². The Morgan fingerprint density at radius 2 is 2.30 bits per heavy atom. The Hall–Kier alpha value is -2.48. The molecule has 8 heteroatoms. The van der Waals surface area contributed by atoms with E-state index in [4.69, 9.17) is 5.11 Å². The van der Waals surface area contributed by atoms with Gasteiger partial charge in [-0.15, -0.1) is 11.3 Å². The van der Waals surface area contributed by atoms with Crippen molar-refractivity contribution in [2.24, 2.45) is 0 Å². The van der Waals surface area contributed by atoms with Crippen molar-refractivity contribution in [3.8, 4) is 0 Å². The number of rotatable bonds is 5. The number of carbonyl (C=O) groups is 1. The monoisotopic (exact) mass is 293 g/mol. The van der Waals surface area contributed by atoms with Crippen LogP contribution in [0.3, 0.4) is 0 Å². The number of nitrogens with zero attached hydrogens (tertiary/aromatic N) is 3. The summed E-state index contributed by atoms with van der Waals surface area (Å²) >= 11 is 1.44. The van der Waals surface area contributed by atoms with Crippen LogP contribution in [0.15, 0.2) is 29.1 Å². The molecule has 0 amide bonds. The number of nitro groups is 1. The SMILES string of the molecule is CN(Cc1cscn1)c1ccc(C(=O)O)cc1[N+](=O)[O-]. The van der Waals surface area contributed by atoms with Crippen molar-refractivity contribution < 1.29 is 14.8 Å². The maximum atomic E-state index is 11.1. The van der Waals surface area contributed by atoms with Gasteiger partial charge in [-0.05, 0) is 12.1 Å². The van der Waals surface area contributed by atoms with Crippen LogP contribution < -0.4 is 4.90 Å². The number of hydrogen-bond acceptors (Lipinski definition) is 6. The molecule has 0 saturated heterocycles. The van der Waals surface area contributed by atoms with Gasteiger partial charge in [-0.3, -0.25) is 10.1 Å². The molecule has 1 N–H and O–H groups in total. The third kappa shape index (κ3) is 2.91. The normalized spacial score (nSPS) is 10.2. The number of nitro benzene ring substituents is 1. The van der Waals surface area contributed by atoms with Gasteiger partial charge in [-0.1, -0.05) is 0 Å². The van der Waals surface area contributed by atoms with Crippen LogP contribution in [0.25, 0.3) is 0 Å². The number of benzene rings is 1. The second kappa shape index (κ2) is 5.66. The third-order valence-electron chi connectivity index (χ3n) is 2.71. The molecule has 7 nitrogen and oxygen atoms in total. The van der Waals surface area contributed by atoms with Crippen LogP contribution in [0.5, 0.6) is 0 Å². The molecule has 20 heavy (non-hydrogen) atoms. The van der Waals surface area contributed by atoms with Gasteiger partial charge in [0, 0.05) is 18.5 Å². The second-order valence-corrected chi connectivity index (χ2v) is 4.82. The van der Waals surface area contributed by atoms with Gasteiger partial charge in [-0.2, -0.15) is 0 Å². The molecule has 104 valence electrons. The van der Waals surface area contributed by atoms with Crippen LogP contribution in [0.2, 0.25) is 0 Å². The fourth-order valence-corrected chi connectivity index (χ4v) is 2.32. The van der Waals surface area contributed by atoms with E-state index in [2.05, 4.69) is 4.98 Å². The van der Waals surface area contributed by atoms with Crippen LogP contribution >= 0.6 is 11.3 Å². The Labute approximate surface area is 118 Å². The van der Waals surface area contributed by atoms with Crippen LogP contribution in [0, 0.1) is 10.1 Å². The van der Waals surface area contributed by atoms with Gasteiger partial charge < -0.3 is 10.0 Å². The molecule has 0 spiro atoms. The van der Waals surface area contributed by atoms with Crippen LogP contribution in [-0.2, 0) is 6.54 Å². The second-order valence-electron chi connectivity index (χ2n) is 4.10. The fraction of sp³-hybridized carbons (Fsp3) is 0.167. The van der Waals surface area contributed by atoms with Crippen molar-refractivity contribution in [2.75, 3.05) is 11.9 Å². The first kappa shape index (κ1) is 13.9. The molecule has 0 bridgehead atoms. The average Bonchev–Trinajstić information content (AvgIpc) is 2.90. The van der Waals surface area contributed by atoms with Crippen molar-refractivity contribution >= 4 is 28.7 Å². The predicted octanol–water partition coefficient (Wildman–Crippen LogP) is 2.39. The van der Waals surface area contributed by atoms with E-state index in [-0.39, 0.29) is 11.3 Å². The molecule has 0 fully saturated rings. The van der Waals surface area contributed by atoms with Crippen LogP contribution in [0.4, 0.5) is 11.4 Å². The van der Waals surface area contributed by atoms with Gasteiger partial charge in [0.15, 0.2) is 0 Å². The highest BCUT2D eigenvalue weighted by atomic mass is 32.1. The first-order valence-electron chi connectivity index (χ1n) is 5.59. The molecular formula is C12H11N3O4S. The highest BCUT2D eigenvalue weighted by molar-refractivity contribution is 7.07. The number of hydrogen-bond donors (Lipinski definition) is 1. The zero-order chi connectivity index (χ0) is 14.7. The molecular weight excluding hydrogens is 282 g/mol. The highest BCUT2D eigenvalue weighted by Gasteiger charge is 2.20. The third-order valence-corrected chi connectivity index (χ3v) is 3.35. The van der Waals surface area contributed by atoms with E-state index in [1.54, 1.807) is 17.5 Å². The molecule has 1 heterocycles. The molecule has 2 aromatic rings. The Morgan fingerprint density at radius 3 is 2.85 bits per heavy atom. The van der Waals surface area contributed by atoms with Gasteiger partial charge >= 0.3 is 5.97 Å². The van der Waals surface area contributed by atoms with Crippen molar-refractivity contribution in [3.63, 3.8) is 0 Å². The Kier molecular flexibility index (Phi) is 3.94. The predicted molar refractivity (Wildman–Crippen MR) is 74.3 cm³/mol. The first-order chi connectivity index (χ1) is 9.49. The van der Waals surface area contributed by atoms with E-state index in [1.165, 1.54) is 23.5 Å². The number of aromatic nitrogens is 1. The van der Waals surface area contributed by atoms with Crippen LogP contribution in [-0.4, -0.2) is 28.0 Å². The largest absolute Gasteiger partial charge is 0.478 e. The van der Waals surface area contributed by atoms with E-state index in [9.17, 15) is 14.9 Å². The molecule has 0 radical (unpaired) electrons. The lowest BCUT2D eigenvalue weighted by Gasteiger charge is -2.18. The maximum absolute atomic E-state index is 11.1. The van der Waals surface area contributed by atoms with E-state index in [1.807, 2.05) is 5.38 Å². The number of aromatic carboxylic acids is 1. The minimum atomic E-state index is -1.19. The zero-order valence-electron chi connectivity index (χ0n) is 10.5. The van der Waals surface area contributed by atoms with Gasteiger partial charge in [0.25, 0.3) is 5.69 Å². The maximum Gasteiger partial charge on any atom is 0.335 e. The molecule has 0 aliphatic heterocycles. The summed E-state index contributed by atoms with van der Waals surface area (Å²) in [6.45, 7) is 0.413. The summed E-state index contributed by atoms with van der Waals surface area (Å²) in [6, 6.07) is 3.85. The lowest BCUT2D eigenvalue weighted by atomic mass is 10.1. The van der Waals surface area contributed by atoms with E-state index in [0.29, 0.717) is 12.2 Å². The molecule has 2 rings (SSSR count). The first-order valence-corrected chi connectivity index (χ1v) is 6.53. The number of thiazole rings is 1. The summed E-state index contributed by atoms with van der Waals surface area (Å²) in [6.07, 6.45) is 0. The number of carboxylic acid groups (broad SMARTS) is 1. The molecule has 1 aromatic carbocycles. The summed E-state index contributed by atoms with van der Waals surface area (Å²) in [4.78, 5) is 27.1. The Balaban J connectivity index is 2.35. The number of anilines is 1. The van der Waals surface area contributed by atoms with Gasteiger partial charge in [-0.25, -0.2) is 9.78 Å². The Bertz CT molecular complexity index is 642. The van der Waals surface area contributed by atoms with Gasteiger partial charge in [0.05, 0.1) is 28.2 Å². The summed E-state index contributed by atoms with van der Waals surface area (Å²) in [5, 5.41) is 21.8. The summed E-state index contributed by atoms with van der Waals surface area (Å²) in [5.74, 6) is -1.19. The molecule has 0 saturated carbocycles. The van der Waals surface area contributed by atoms with Gasteiger partial charge in [0.1, 0.15) is 5.69 Å². The zero-order valence-corrected chi connectivity index (χ0v) is 11.3. The molecule has 0 aliphatic rings. The topological polar surface area (TPSA) is 96.6 Å². The Morgan fingerprint density at radius 1 is 1.55 bits per heavy atom.